The van der Waals surface area contributed by atoms with Crippen molar-refractivity contribution >= 4 is 38.4 Å². The van der Waals surface area contributed by atoms with Crippen LogP contribution in [-0.4, -0.2) is 54.9 Å². The topological polar surface area (TPSA) is 62.7 Å². The van der Waals surface area contributed by atoms with Gasteiger partial charge in [-0.2, -0.15) is 0 Å². The Bertz CT molecular complexity index is 1300. The predicted molar refractivity (Wildman–Crippen MR) is 142 cm³/mol. The Labute approximate surface area is 209 Å². The Morgan fingerprint density at radius 2 is 1.51 bits per heavy atom. The molecule has 1 heterocycles. The lowest BCUT2D eigenvalue weighted by molar-refractivity contribution is 0.0981. The zero-order valence-corrected chi connectivity index (χ0v) is 21.0. The Balaban J connectivity index is 1.62. The van der Waals surface area contributed by atoms with Gasteiger partial charge in [-0.05, 0) is 37.4 Å². The lowest BCUT2D eigenvalue weighted by Crippen LogP contribution is -2.38. The van der Waals surface area contributed by atoms with Crippen molar-refractivity contribution in [2.75, 3.05) is 38.2 Å². The van der Waals surface area contributed by atoms with Crippen LogP contribution in [0.1, 0.15) is 40.1 Å². The second-order valence-electron chi connectivity index (χ2n) is 8.09. The summed E-state index contributed by atoms with van der Waals surface area (Å²) in [6.07, 6.45) is 0. The lowest BCUT2D eigenvalue weighted by atomic mass is 10.0. The van der Waals surface area contributed by atoms with E-state index in [0.717, 1.165) is 35.6 Å². The number of rotatable bonds is 10. The van der Waals surface area contributed by atoms with Crippen molar-refractivity contribution < 1.29 is 14.3 Å². The summed E-state index contributed by atoms with van der Waals surface area (Å²) in [6, 6.07) is 21.8. The number of fused-ring (bicyclic) bond motifs is 1. The van der Waals surface area contributed by atoms with Crippen molar-refractivity contribution in [3.8, 4) is 5.75 Å². The average Bonchev–Trinajstić information content (AvgIpc) is 3.34. The molecule has 0 fully saturated rings. The standard InChI is InChI=1S/C28H29N3O3S/c1-4-30(5-2)17-18-31(28-29-24-19-23(34-3)15-16-25(24)35-28)27(33)22-13-11-21(12-14-22)26(32)20-9-7-6-8-10-20/h6-16,19H,4-5,17-18H2,1-3H3. The van der Waals surface area contributed by atoms with E-state index in [4.69, 9.17) is 9.72 Å². The average molecular weight is 488 g/mol. The van der Waals surface area contributed by atoms with E-state index < -0.39 is 0 Å². The first-order valence-electron chi connectivity index (χ1n) is 11.7. The van der Waals surface area contributed by atoms with Crippen LogP contribution in [0, 0.1) is 0 Å². The van der Waals surface area contributed by atoms with Crippen LogP contribution in [0.5, 0.6) is 5.75 Å². The Morgan fingerprint density at radius 1 is 0.857 bits per heavy atom. The molecule has 180 valence electrons. The van der Waals surface area contributed by atoms with E-state index in [1.54, 1.807) is 48.4 Å². The maximum Gasteiger partial charge on any atom is 0.260 e. The van der Waals surface area contributed by atoms with Gasteiger partial charge >= 0.3 is 0 Å². The minimum atomic E-state index is -0.137. The molecule has 4 aromatic rings. The normalized spacial score (nSPS) is 11.1. The number of ketones is 1. The number of hydrogen-bond donors (Lipinski definition) is 0. The number of benzene rings is 3. The highest BCUT2D eigenvalue weighted by atomic mass is 32.1. The fourth-order valence-electron chi connectivity index (χ4n) is 3.88. The van der Waals surface area contributed by atoms with Crippen LogP contribution in [-0.2, 0) is 0 Å². The van der Waals surface area contributed by atoms with Crippen molar-refractivity contribution in [2.24, 2.45) is 0 Å². The van der Waals surface area contributed by atoms with Gasteiger partial charge in [-0.1, -0.05) is 67.6 Å². The molecule has 0 radical (unpaired) electrons. The first kappa shape index (κ1) is 24.6. The fourth-order valence-corrected chi connectivity index (χ4v) is 4.85. The third kappa shape index (κ3) is 5.58. The summed E-state index contributed by atoms with van der Waals surface area (Å²) in [4.78, 5) is 35.2. The molecular formula is C28H29N3O3S. The van der Waals surface area contributed by atoms with Crippen molar-refractivity contribution in [1.82, 2.24) is 9.88 Å². The number of nitrogens with zero attached hydrogens (tertiary/aromatic N) is 3. The number of thiazole rings is 1. The van der Waals surface area contributed by atoms with E-state index in [1.807, 2.05) is 36.4 Å². The molecule has 6 nitrogen and oxygen atoms in total. The Kier molecular flexibility index (Phi) is 7.90. The molecular weight excluding hydrogens is 458 g/mol. The summed E-state index contributed by atoms with van der Waals surface area (Å²) in [5.74, 6) is 0.527. The number of amides is 1. The Morgan fingerprint density at radius 3 is 2.17 bits per heavy atom. The number of methoxy groups -OCH3 is 1. The van der Waals surface area contributed by atoms with Crippen LogP contribution in [0.15, 0.2) is 72.8 Å². The molecule has 7 heteroatoms. The molecule has 0 unspecified atom stereocenters. The summed E-state index contributed by atoms with van der Waals surface area (Å²) in [7, 11) is 1.63. The minimum Gasteiger partial charge on any atom is -0.497 e. The predicted octanol–water partition coefficient (Wildman–Crippen LogP) is 5.52. The fraction of sp³-hybridized carbons (Fsp3) is 0.250. The van der Waals surface area contributed by atoms with Crippen molar-refractivity contribution in [3.05, 3.63) is 89.5 Å². The molecule has 0 bridgehead atoms. The van der Waals surface area contributed by atoms with Crippen LogP contribution in [0.4, 0.5) is 5.13 Å². The maximum absolute atomic E-state index is 13.7. The van der Waals surface area contributed by atoms with Crippen LogP contribution < -0.4 is 9.64 Å². The van der Waals surface area contributed by atoms with E-state index in [2.05, 4.69) is 18.7 Å². The molecule has 4 rings (SSSR count). The van der Waals surface area contributed by atoms with E-state index in [-0.39, 0.29) is 11.7 Å². The van der Waals surface area contributed by atoms with Crippen LogP contribution in [0.3, 0.4) is 0 Å². The van der Waals surface area contributed by atoms with Gasteiger partial charge in [0.05, 0.1) is 17.3 Å². The van der Waals surface area contributed by atoms with E-state index in [0.29, 0.717) is 28.4 Å². The number of likely N-dealkylation sites (N-methyl/N-ethyl adjacent to an activating group) is 1. The van der Waals surface area contributed by atoms with Crippen LogP contribution in [0.2, 0.25) is 0 Å². The highest BCUT2D eigenvalue weighted by molar-refractivity contribution is 7.22. The summed E-state index contributed by atoms with van der Waals surface area (Å²) in [5, 5.41) is 0.648. The molecule has 0 spiro atoms. The van der Waals surface area contributed by atoms with Gasteiger partial charge in [-0.15, -0.1) is 0 Å². The van der Waals surface area contributed by atoms with Crippen molar-refractivity contribution in [1.29, 1.82) is 0 Å². The van der Waals surface area contributed by atoms with Gasteiger partial charge in [0, 0.05) is 35.8 Å². The second-order valence-corrected chi connectivity index (χ2v) is 9.10. The first-order valence-corrected chi connectivity index (χ1v) is 12.5. The maximum atomic E-state index is 13.7. The smallest absolute Gasteiger partial charge is 0.260 e. The van der Waals surface area contributed by atoms with Crippen LogP contribution >= 0.6 is 11.3 Å². The van der Waals surface area contributed by atoms with Gasteiger partial charge < -0.3 is 9.64 Å². The quantitative estimate of drug-likeness (QED) is 0.276. The molecule has 0 saturated carbocycles. The molecule has 0 aliphatic heterocycles. The number of ether oxygens (including phenoxy) is 1. The van der Waals surface area contributed by atoms with Gasteiger partial charge in [0.1, 0.15) is 5.75 Å². The highest BCUT2D eigenvalue weighted by Crippen LogP contribution is 2.32. The molecule has 1 amide bonds. The highest BCUT2D eigenvalue weighted by Gasteiger charge is 2.22. The van der Waals surface area contributed by atoms with Gasteiger partial charge in [-0.3, -0.25) is 14.5 Å². The molecule has 0 atom stereocenters. The molecule has 0 aliphatic rings. The number of carbonyl (C=O) groups is 2. The van der Waals surface area contributed by atoms with E-state index in [9.17, 15) is 9.59 Å². The third-order valence-corrected chi connectivity index (χ3v) is 7.08. The van der Waals surface area contributed by atoms with Gasteiger partial charge in [0.25, 0.3) is 5.91 Å². The van der Waals surface area contributed by atoms with E-state index >= 15 is 0 Å². The van der Waals surface area contributed by atoms with Crippen molar-refractivity contribution in [3.63, 3.8) is 0 Å². The zero-order chi connectivity index (χ0) is 24.8. The number of anilines is 1. The zero-order valence-electron chi connectivity index (χ0n) is 20.2. The van der Waals surface area contributed by atoms with E-state index in [1.165, 1.54) is 11.3 Å². The second kappa shape index (κ2) is 11.3. The molecule has 0 saturated heterocycles. The summed E-state index contributed by atoms with van der Waals surface area (Å²) in [5.41, 5.74) is 2.49. The number of aromatic nitrogens is 1. The SMILES string of the molecule is CCN(CC)CCN(C(=O)c1ccc(C(=O)c2ccccc2)cc1)c1nc2cc(OC)ccc2s1. The Hall–Kier alpha value is -3.55. The van der Waals surface area contributed by atoms with Crippen LogP contribution in [0.25, 0.3) is 10.2 Å². The summed E-state index contributed by atoms with van der Waals surface area (Å²) in [6.45, 7) is 7.30. The molecule has 3 aromatic carbocycles. The largest absolute Gasteiger partial charge is 0.497 e. The molecule has 0 aliphatic carbocycles. The summed E-state index contributed by atoms with van der Waals surface area (Å²) < 4.78 is 6.32. The van der Waals surface area contributed by atoms with Gasteiger partial charge in [0.2, 0.25) is 0 Å². The molecule has 0 N–H and O–H groups in total. The monoisotopic (exact) mass is 487 g/mol. The summed E-state index contributed by atoms with van der Waals surface area (Å²) >= 11 is 1.49. The first-order chi connectivity index (χ1) is 17.0. The number of carbonyl (C=O) groups excluding carboxylic acids is 2. The lowest BCUT2D eigenvalue weighted by Gasteiger charge is -2.24. The molecule has 35 heavy (non-hydrogen) atoms. The minimum absolute atomic E-state index is 0.0666. The number of hydrogen-bond acceptors (Lipinski definition) is 6. The third-order valence-electron chi connectivity index (χ3n) is 6.02. The van der Waals surface area contributed by atoms with Gasteiger partial charge in [-0.25, -0.2) is 4.98 Å². The molecule has 1 aromatic heterocycles. The van der Waals surface area contributed by atoms with Gasteiger partial charge in [0.15, 0.2) is 10.9 Å². The van der Waals surface area contributed by atoms with Crippen molar-refractivity contribution in [2.45, 2.75) is 13.8 Å².